The summed E-state index contributed by atoms with van der Waals surface area (Å²) in [6.45, 7) is 15.2. The zero-order chi connectivity index (χ0) is 32.1. The van der Waals surface area contributed by atoms with Gasteiger partial charge in [-0.15, -0.1) is 0 Å². The molecule has 4 rings (SSSR count). The van der Waals surface area contributed by atoms with Gasteiger partial charge in [0.25, 0.3) is 0 Å². The molecule has 1 unspecified atom stereocenters. The van der Waals surface area contributed by atoms with Gasteiger partial charge in [0.15, 0.2) is 0 Å². The Labute approximate surface area is 266 Å². The SMILES string of the molecule is COCC(OCC1(c2ccc(F)cc2)CCN(C(=O)OC(C)(C)C)CC1)c1cc(Cl)cc2cn(COCC[Si](C)(C)C)nc12. The molecule has 44 heavy (non-hydrogen) atoms. The van der Waals surface area contributed by atoms with Crippen molar-refractivity contribution in [2.45, 2.75) is 83.1 Å². The van der Waals surface area contributed by atoms with E-state index < -0.39 is 25.2 Å². The molecule has 242 valence electrons. The van der Waals surface area contributed by atoms with Gasteiger partial charge in [0, 0.05) is 62.5 Å². The lowest BCUT2D eigenvalue weighted by molar-refractivity contribution is -0.0399. The molecular weight excluding hydrogens is 601 g/mol. The Bertz CT molecular complexity index is 1400. The lowest BCUT2D eigenvalue weighted by atomic mass is 9.73. The van der Waals surface area contributed by atoms with Gasteiger partial charge in [-0.1, -0.05) is 43.4 Å². The van der Waals surface area contributed by atoms with Gasteiger partial charge in [0.05, 0.1) is 18.7 Å². The summed E-state index contributed by atoms with van der Waals surface area (Å²) in [4.78, 5) is 14.5. The fraction of sp³-hybridized carbons (Fsp3) is 0.576. The number of benzene rings is 2. The van der Waals surface area contributed by atoms with Gasteiger partial charge in [-0.3, -0.25) is 0 Å². The van der Waals surface area contributed by atoms with Crippen LogP contribution in [0.5, 0.6) is 0 Å². The van der Waals surface area contributed by atoms with Crippen LogP contribution in [0.25, 0.3) is 10.9 Å². The number of methoxy groups -OCH3 is 1. The minimum atomic E-state index is -1.19. The van der Waals surface area contributed by atoms with Crippen LogP contribution in [0, 0.1) is 5.82 Å². The summed E-state index contributed by atoms with van der Waals surface area (Å²) in [5, 5.41) is 6.31. The van der Waals surface area contributed by atoms with Crippen molar-refractivity contribution >= 4 is 36.7 Å². The second-order valence-corrected chi connectivity index (χ2v) is 20.0. The van der Waals surface area contributed by atoms with E-state index >= 15 is 0 Å². The summed E-state index contributed by atoms with van der Waals surface area (Å²) < 4.78 is 39.6. The molecule has 1 aliphatic heterocycles. The molecule has 1 amide bonds. The highest BCUT2D eigenvalue weighted by Gasteiger charge is 2.40. The van der Waals surface area contributed by atoms with Crippen LogP contribution in [0.1, 0.15) is 50.8 Å². The zero-order valence-electron chi connectivity index (χ0n) is 27.1. The first kappa shape index (κ1) is 34.4. The summed E-state index contributed by atoms with van der Waals surface area (Å²) >= 11 is 6.59. The maximum Gasteiger partial charge on any atom is 0.410 e. The molecule has 1 aliphatic rings. The number of hydrogen-bond donors (Lipinski definition) is 0. The number of ether oxygens (including phenoxy) is 4. The Morgan fingerprint density at radius 2 is 1.82 bits per heavy atom. The van der Waals surface area contributed by atoms with Crippen molar-refractivity contribution in [3.8, 4) is 0 Å². The summed E-state index contributed by atoms with van der Waals surface area (Å²) in [5.74, 6) is -0.297. The molecule has 2 heterocycles. The van der Waals surface area contributed by atoms with Gasteiger partial charge in [-0.05, 0) is 69.5 Å². The van der Waals surface area contributed by atoms with Crippen molar-refractivity contribution in [3.63, 3.8) is 0 Å². The van der Waals surface area contributed by atoms with Gasteiger partial charge in [-0.2, -0.15) is 5.10 Å². The summed E-state index contributed by atoms with van der Waals surface area (Å²) in [7, 11) is 0.446. The number of hydrogen-bond acceptors (Lipinski definition) is 6. The molecule has 3 aromatic rings. The van der Waals surface area contributed by atoms with Crippen LogP contribution in [0.2, 0.25) is 30.7 Å². The number of piperidine rings is 1. The predicted molar refractivity (Wildman–Crippen MR) is 175 cm³/mol. The Morgan fingerprint density at radius 3 is 2.43 bits per heavy atom. The highest BCUT2D eigenvalue weighted by Crippen LogP contribution is 2.39. The molecule has 0 spiro atoms. The molecule has 0 radical (unpaired) electrons. The zero-order valence-corrected chi connectivity index (χ0v) is 28.9. The summed E-state index contributed by atoms with van der Waals surface area (Å²) in [6.07, 6.45) is 2.41. The normalized spacial score (nSPS) is 16.3. The summed E-state index contributed by atoms with van der Waals surface area (Å²) in [6, 6.07) is 11.4. The van der Waals surface area contributed by atoms with Crippen LogP contribution in [0.15, 0.2) is 42.6 Å². The van der Waals surface area contributed by atoms with Crippen LogP contribution in [0.3, 0.4) is 0 Å². The Hall–Kier alpha value is -2.50. The maximum atomic E-state index is 13.9. The van der Waals surface area contributed by atoms with E-state index in [0.717, 1.165) is 28.1 Å². The second-order valence-electron chi connectivity index (χ2n) is 14.0. The van der Waals surface area contributed by atoms with E-state index in [0.29, 0.717) is 57.5 Å². The van der Waals surface area contributed by atoms with Crippen molar-refractivity contribution in [2.75, 3.05) is 40.0 Å². The van der Waals surface area contributed by atoms with Crippen LogP contribution >= 0.6 is 11.6 Å². The average molecular weight is 648 g/mol. The number of rotatable bonds is 12. The van der Waals surface area contributed by atoms with Crippen LogP contribution in [-0.2, 0) is 31.1 Å². The highest BCUT2D eigenvalue weighted by molar-refractivity contribution is 6.76. The van der Waals surface area contributed by atoms with Crippen LogP contribution in [-0.4, -0.2) is 74.5 Å². The van der Waals surface area contributed by atoms with Crippen molar-refractivity contribution in [1.82, 2.24) is 14.7 Å². The molecule has 1 atom stereocenters. The topological polar surface area (TPSA) is 75.0 Å². The van der Waals surface area contributed by atoms with Gasteiger partial charge in [0.2, 0.25) is 0 Å². The van der Waals surface area contributed by atoms with E-state index in [1.807, 2.05) is 51.2 Å². The summed E-state index contributed by atoms with van der Waals surface area (Å²) in [5.41, 5.74) is 1.56. The number of fused-ring (bicyclic) bond motifs is 1. The van der Waals surface area contributed by atoms with Crippen molar-refractivity contribution in [3.05, 3.63) is 64.6 Å². The van der Waals surface area contributed by atoms with Gasteiger partial charge >= 0.3 is 6.09 Å². The minimum absolute atomic E-state index is 0.290. The maximum absolute atomic E-state index is 13.9. The van der Waals surface area contributed by atoms with Crippen LogP contribution < -0.4 is 0 Å². The molecule has 0 N–H and O–H groups in total. The first-order valence-corrected chi connectivity index (χ1v) is 19.4. The van der Waals surface area contributed by atoms with Gasteiger partial charge in [0.1, 0.15) is 24.3 Å². The Morgan fingerprint density at radius 1 is 1.14 bits per heavy atom. The molecule has 0 bridgehead atoms. The van der Waals surface area contributed by atoms with E-state index in [4.69, 9.17) is 35.6 Å². The van der Waals surface area contributed by atoms with E-state index in [-0.39, 0.29) is 11.9 Å². The second kappa shape index (κ2) is 14.3. The van der Waals surface area contributed by atoms with Crippen molar-refractivity contribution < 1.29 is 28.1 Å². The Balaban J connectivity index is 1.56. The quantitative estimate of drug-likeness (QED) is 0.147. The highest BCUT2D eigenvalue weighted by atomic mass is 35.5. The number of likely N-dealkylation sites (tertiary alicyclic amines) is 1. The monoisotopic (exact) mass is 647 g/mol. The van der Waals surface area contributed by atoms with Crippen molar-refractivity contribution in [1.29, 1.82) is 0 Å². The third-order valence-electron chi connectivity index (χ3n) is 7.92. The van der Waals surface area contributed by atoms with Crippen LogP contribution in [0.4, 0.5) is 9.18 Å². The van der Waals surface area contributed by atoms with E-state index in [1.165, 1.54) is 12.1 Å². The fourth-order valence-electron chi connectivity index (χ4n) is 5.42. The third-order valence-corrected chi connectivity index (χ3v) is 9.85. The molecule has 1 aromatic heterocycles. The third kappa shape index (κ3) is 9.26. The Kier molecular flexibility index (Phi) is 11.2. The molecule has 0 saturated carbocycles. The molecule has 1 fully saturated rings. The van der Waals surface area contributed by atoms with E-state index in [2.05, 4.69) is 19.6 Å². The van der Waals surface area contributed by atoms with E-state index in [1.54, 1.807) is 16.7 Å². The van der Waals surface area contributed by atoms with Gasteiger partial charge in [-0.25, -0.2) is 13.9 Å². The molecule has 1 saturated heterocycles. The lowest BCUT2D eigenvalue weighted by Crippen LogP contribution is -2.48. The first-order chi connectivity index (χ1) is 20.7. The number of carbonyl (C=O) groups excluding carboxylic acids is 1. The molecule has 2 aromatic carbocycles. The molecule has 8 nitrogen and oxygen atoms in total. The standard InChI is InChI=1S/C33H47ClFN3O5Si/c1-32(2,3)43-31(39)37-14-12-33(13-15-37,25-8-10-27(35)11-9-25)22-42-29(21-40-4)28-19-26(34)18-24-20-38(36-30(24)28)23-41-16-17-44(5,6)7/h8-11,18-20,29H,12-17,21-23H2,1-7H3. The molecule has 0 aliphatic carbocycles. The minimum Gasteiger partial charge on any atom is -0.444 e. The molecule has 11 heteroatoms. The molecular formula is C33H47ClFN3O5Si. The van der Waals surface area contributed by atoms with Crippen molar-refractivity contribution in [2.24, 2.45) is 0 Å². The predicted octanol–water partition coefficient (Wildman–Crippen LogP) is 7.81. The number of halogens is 2. The average Bonchev–Trinajstić information content (AvgIpc) is 3.35. The largest absolute Gasteiger partial charge is 0.444 e. The van der Waals surface area contributed by atoms with E-state index in [9.17, 15) is 9.18 Å². The lowest BCUT2D eigenvalue weighted by Gasteiger charge is -2.43. The number of amides is 1. The smallest absolute Gasteiger partial charge is 0.410 e. The fourth-order valence-corrected chi connectivity index (χ4v) is 6.42. The number of carbonyl (C=O) groups is 1. The number of nitrogens with zero attached hydrogens (tertiary/aromatic N) is 3. The number of aromatic nitrogens is 2. The van der Waals surface area contributed by atoms with Gasteiger partial charge < -0.3 is 23.8 Å². The first-order valence-electron chi connectivity index (χ1n) is 15.3.